The van der Waals surface area contributed by atoms with Crippen molar-refractivity contribution in [3.8, 4) is 11.8 Å². The molecule has 0 saturated carbocycles. The van der Waals surface area contributed by atoms with E-state index in [4.69, 9.17) is 12.8 Å². The smallest absolute Gasteiger partial charge is 0.0632 e. The Labute approximate surface area is 106 Å². The van der Waals surface area contributed by atoms with Crippen molar-refractivity contribution in [2.75, 3.05) is 0 Å². The Hall–Kier alpha value is -2.70. The second-order valence-electron chi connectivity index (χ2n) is 4.09. The highest BCUT2D eigenvalue weighted by molar-refractivity contribution is 6.09. The third-order valence-corrected chi connectivity index (χ3v) is 3.18. The van der Waals surface area contributed by atoms with Crippen molar-refractivity contribution in [3.05, 3.63) is 72.5 Å². The normalized spacial score (nSPS) is 10.1. The molecule has 82 valence electrons. The zero-order chi connectivity index (χ0) is 12.5. The predicted octanol–water partition coefficient (Wildman–Crippen LogP) is 3.87. The highest BCUT2D eigenvalue weighted by Gasteiger charge is 1.99. The molecule has 0 aliphatic carbocycles. The highest BCUT2D eigenvalue weighted by Crippen LogP contribution is 2.31. The van der Waals surface area contributed by atoms with Crippen molar-refractivity contribution in [2.45, 2.75) is 0 Å². The van der Waals surface area contributed by atoms with Gasteiger partial charge in [0.05, 0.1) is 0 Å². The van der Waals surface area contributed by atoms with Gasteiger partial charge in [0.1, 0.15) is 0 Å². The summed E-state index contributed by atoms with van der Waals surface area (Å²) in [5.41, 5.74) is 1.56. The average Bonchev–Trinajstić information content (AvgIpc) is 2.44. The fourth-order valence-electron chi connectivity index (χ4n) is 2.40. The predicted molar refractivity (Wildman–Crippen MR) is 73.9 cm³/mol. The standard InChI is InChI=1S/C18H8/c1-3-13-15-9-5-7-11-17(15)14(4-2)18-12-8-6-10-16(13)18/h5-12H/q-2. The molecule has 3 aromatic rings. The van der Waals surface area contributed by atoms with Crippen LogP contribution in [0.2, 0.25) is 0 Å². The van der Waals surface area contributed by atoms with E-state index in [2.05, 4.69) is 11.8 Å². The minimum absolute atomic E-state index is 0.778. The van der Waals surface area contributed by atoms with Gasteiger partial charge >= 0.3 is 0 Å². The van der Waals surface area contributed by atoms with Crippen LogP contribution in [-0.4, -0.2) is 0 Å². The maximum atomic E-state index is 7.52. The van der Waals surface area contributed by atoms with E-state index in [9.17, 15) is 0 Å². The molecule has 0 unspecified atom stereocenters. The second-order valence-corrected chi connectivity index (χ2v) is 4.09. The number of benzene rings is 3. The lowest BCUT2D eigenvalue weighted by atomic mass is 9.92. The van der Waals surface area contributed by atoms with Crippen LogP contribution in [-0.2, 0) is 0 Å². The fourth-order valence-corrected chi connectivity index (χ4v) is 2.40. The first kappa shape index (κ1) is 10.5. The van der Waals surface area contributed by atoms with E-state index in [-0.39, 0.29) is 0 Å². The van der Waals surface area contributed by atoms with Crippen LogP contribution in [0.3, 0.4) is 0 Å². The van der Waals surface area contributed by atoms with Crippen LogP contribution in [0.1, 0.15) is 11.1 Å². The van der Waals surface area contributed by atoms with Gasteiger partial charge in [-0.2, -0.15) is 0 Å². The van der Waals surface area contributed by atoms with E-state index in [1.165, 1.54) is 0 Å². The second kappa shape index (κ2) is 3.95. The largest absolute Gasteiger partial charge is 0.366 e. The summed E-state index contributed by atoms with van der Waals surface area (Å²) >= 11 is 0. The lowest BCUT2D eigenvalue weighted by Crippen LogP contribution is -1.89. The van der Waals surface area contributed by atoms with Crippen LogP contribution in [0.25, 0.3) is 21.5 Å². The Balaban J connectivity index is 2.73. The van der Waals surface area contributed by atoms with Gasteiger partial charge in [0, 0.05) is 0 Å². The van der Waals surface area contributed by atoms with Gasteiger partial charge in [-0.1, -0.05) is 48.5 Å². The van der Waals surface area contributed by atoms with Gasteiger partial charge in [-0.3, -0.25) is 11.8 Å². The topological polar surface area (TPSA) is 0 Å². The molecule has 0 radical (unpaired) electrons. The number of hydrogen-bond donors (Lipinski definition) is 0. The molecular formula is C18H8-2. The first-order valence-electron chi connectivity index (χ1n) is 5.65. The Bertz CT molecular complexity index is 710. The van der Waals surface area contributed by atoms with Crippen LogP contribution >= 0.6 is 0 Å². The molecule has 0 spiro atoms. The highest BCUT2D eigenvalue weighted by atomic mass is 14.1. The van der Waals surface area contributed by atoms with E-state index < -0.39 is 0 Å². The zero-order valence-electron chi connectivity index (χ0n) is 9.62. The Morgan fingerprint density at radius 2 is 0.833 bits per heavy atom. The van der Waals surface area contributed by atoms with Crippen LogP contribution < -0.4 is 0 Å². The molecule has 0 heterocycles. The summed E-state index contributed by atoms with van der Waals surface area (Å²) in [6, 6.07) is 15.6. The van der Waals surface area contributed by atoms with Gasteiger partial charge in [-0.25, -0.2) is 0 Å². The molecule has 18 heavy (non-hydrogen) atoms. The summed E-state index contributed by atoms with van der Waals surface area (Å²) in [5, 5.41) is 3.78. The lowest BCUT2D eigenvalue weighted by Gasteiger charge is -2.21. The molecule has 0 saturated heterocycles. The van der Waals surface area contributed by atoms with Crippen LogP contribution in [0, 0.1) is 24.7 Å². The van der Waals surface area contributed by atoms with Crippen LogP contribution in [0.15, 0.2) is 48.5 Å². The van der Waals surface area contributed by atoms with Crippen molar-refractivity contribution in [3.63, 3.8) is 0 Å². The minimum atomic E-state index is 0.778. The van der Waals surface area contributed by atoms with Gasteiger partial charge in [0.15, 0.2) is 0 Å². The molecule has 3 aromatic carbocycles. The molecule has 3 rings (SSSR count). The third-order valence-electron chi connectivity index (χ3n) is 3.18. The first-order chi connectivity index (χ1) is 8.86. The number of fused-ring (bicyclic) bond motifs is 2. The third kappa shape index (κ3) is 1.30. The van der Waals surface area contributed by atoms with Crippen molar-refractivity contribution in [1.82, 2.24) is 0 Å². The molecule has 0 N–H and O–H groups in total. The molecule has 0 heteroatoms. The molecular weight excluding hydrogens is 216 g/mol. The number of hydrogen-bond acceptors (Lipinski definition) is 0. The zero-order valence-corrected chi connectivity index (χ0v) is 9.62. The summed E-state index contributed by atoms with van der Waals surface area (Å²) in [7, 11) is 0. The van der Waals surface area contributed by atoms with E-state index in [1.807, 2.05) is 48.5 Å². The summed E-state index contributed by atoms with van der Waals surface area (Å²) < 4.78 is 0. The van der Waals surface area contributed by atoms with Gasteiger partial charge in [-0.15, -0.1) is 32.7 Å². The van der Waals surface area contributed by atoms with Gasteiger partial charge in [0.25, 0.3) is 0 Å². The van der Waals surface area contributed by atoms with Crippen LogP contribution in [0.5, 0.6) is 0 Å². The molecule has 0 amide bonds. The van der Waals surface area contributed by atoms with Crippen molar-refractivity contribution in [2.24, 2.45) is 0 Å². The molecule has 0 atom stereocenters. The maximum Gasteiger partial charge on any atom is -0.0632 e. The molecule has 0 aromatic heterocycles. The molecule has 0 aliphatic rings. The lowest BCUT2D eigenvalue weighted by molar-refractivity contribution is 1.71. The van der Waals surface area contributed by atoms with Gasteiger partial charge in [-0.05, 0) is 0 Å². The first-order valence-corrected chi connectivity index (χ1v) is 5.65. The average molecular weight is 224 g/mol. The summed E-state index contributed by atoms with van der Waals surface area (Å²) in [5.74, 6) is 5.05. The van der Waals surface area contributed by atoms with E-state index in [1.54, 1.807) is 0 Å². The number of rotatable bonds is 0. The molecule has 0 fully saturated rings. The Kier molecular flexibility index (Phi) is 2.30. The van der Waals surface area contributed by atoms with Gasteiger partial charge in [0.2, 0.25) is 0 Å². The van der Waals surface area contributed by atoms with Crippen LogP contribution in [0.4, 0.5) is 0 Å². The van der Waals surface area contributed by atoms with E-state index >= 15 is 0 Å². The van der Waals surface area contributed by atoms with E-state index in [0.29, 0.717) is 0 Å². The molecule has 0 bridgehead atoms. The summed E-state index contributed by atoms with van der Waals surface area (Å²) in [6.45, 7) is 0. The van der Waals surface area contributed by atoms with Crippen molar-refractivity contribution in [1.29, 1.82) is 0 Å². The minimum Gasteiger partial charge on any atom is -0.366 e. The SMILES string of the molecule is [C-]#Cc1c2ccccc2c(C#[C-])c2ccccc12. The Morgan fingerprint density at radius 1 is 0.556 bits per heavy atom. The quantitative estimate of drug-likeness (QED) is 0.309. The van der Waals surface area contributed by atoms with E-state index in [0.717, 1.165) is 32.7 Å². The molecule has 0 nitrogen and oxygen atoms in total. The summed E-state index contributed by atoms with van der Waals surface area (Å²) in [4.78, 5) is 0. The Morgan fingerprint density at radius 3 is 1.06 bits per heavy atom. The fraction of sp³-hybridized carbons (Fsp3) is 0. The van der Waals surface area contributed by atoms with Crippen molar-refractivity contribution >= 4 is 21.5 Å². The van der Waals surface area contributed by atoms with Gasteiger partial charge < -0.3 is 12.8 Å². The monoisotopic (exact) mass is 224 g/mol. The maximum absolute atomic E-state index is 7.52. The van der Waals surface area contributed by atoms with Crippen molar-refractivity contribution < 1.29 is 0 Å². The summed E-state index contributed by atoms with van der Waals surface area (Å²) in [6.07, 6.45) is 15.0. The molecule has 0 aliphatic heterocycles.